The molecule has 1 saturated heterocycles. The summed E-state index contributed by atoms with van der Waals surface area (Å²) in [6.45, 7) is 4.47. The molecule has 1 aliphatic heterocycles. The molecule has 0 saturated carbocycles. The lowest BCUT2D eigenvalue weighted by Crippen LogP contribution is -2.46. The summed E-state index contributed by atoms with van der Waals surface area (Å²) in [5.74, 6) is -1.20. The molecule has 1 heterocycles. The quantitative estimate of drug-likeness (QED) is 0.798. The van der Waals surface area contributed by atoms with Gasteiger partial charge in [0.25, 0.3) is 0 Å². The van der Waals surface area contributed by atoms with Crippen molar-refractivity contribution in [3.63, 3.8) is 0 Å². The zero-order valence-electron chi connectivity index (χ0n) is 10.4. The Morgan fingerprint density at radius 2 is 2.12 bits per heavy atom. The number of likely N-dealkylation sites (N-methyl/N-ethyl adjacent to an activating group) is 1. The summed E-state index contributed by atoms with van der Waals surface area (Å²) in [5.41, 5.74) is 0. The van der Waals surface area contributed by atoms with E-state index in [1.54, 1.807) is 13.8 Å². The highest BCUT2D eigenvalue weighted by atomic mass is 16.6. The molecule has 0 aromatic heterocycles. The predicted molar refractivity (Wildman–Crippen MR) is 59.7 cm³/mol. The number of aliphatic carboxylic acids is 1. The molecule has 1 N–H and O–H groups in total. The first-order chi connectivity index (χ1) is 7.93. The molecule has 0 aliphatic carbocycles. The van der Waals surface area contributed by atoms with E-state index < -0.39 is 18.1 Å². The van der Waals surface area contributed by atoms with Crippen LogP contribution in [0.4, 0.5) is 4.79 Å². The van der Waals surface area contributed by atoms with E-state index in [9.17, 15) is 9.59 Å². The van der Waals surface area contributed by atoms with Gasteiger partial charge in [0.15, 0.2) is 0 Å². The molecular weight excluding hydrogens is 226 g/mol. The molecule has 0 aromatic rings. The highest BCUT2D eigenvalue weighted by Crippen LogP contribution is 2.14. The molecule has 1 aliphatic rings. The van der Waals surface area contributed by atoms with Crippen LogP contribution in [0, 0.1) is 5.92 Å². The van der Waals surface area contributed by atoms with Crippen molar-refractivity contribution in [1.82, 2.24) is 4.90 Å². The molecule has 1 amide bonds. The van der Waals surface area contributed by atoms with Gasteiger partial charge in [-0.15, -0.1) is 0 Å². The SMILES string of the molecule is CC(C)C(C(=O)O)N(C)C(=O)OC1CCOC1. The molecule has 2 atom stereocenters. The van der Waals surface area contributed by atoms with Crippen molar-refractivity contribution in [2.24, 2.45) is 5.92 Å². The molecule has 6 nitrogen and oxygen atoms in total. The smallest absolute Gasteiger partial charge is 0.410 e. The van der Waals surface area contributed by atoms with Crippen LogP contribution in [0.1, 0.15) is 20.3 Å². The molecular formula is C11H19NO5. The van der Waals surface area contributed by atoms with Gasteiger partial charge in [-0.3, -0.25) is 4.90 Å². The summed E-state index contributed by atoms with van der Waals surface area (Å²) in [6.07, 6.45) is -0.202. The number of hydrogen-bond acceptors (Lipinski definition) is 4. The Kier molecular flexibility index (Phi) is 4.74. The van der Waals surface area contributed by atoms with Crippen molar-refractivity contribution in [2.75, 3.05) is 20.3 Å². The van der Waals surface area contributed by atoms with Crippen LogP contribution in [-0.2, 0) is 14.3 Å². The Morgan fingerprint density at radius 1 is 1.47 bits per heavy atom. The van der Waals surface area contributed by atoms with Gasteiger partial charge in [-0.05, 0) is 5.92 Å². The molecule has 1 fully saturated rings. The third-order valence-corrected chi connectivity index (χ3v) is 2.75. The van der Waals surface area contributed by atoms with Crippen LogP contribution in [0.5, 0.6) is 0 Å². The highest BCUT2D eigenvalue weighted by molar-refractivity contribution is 5.80. The maximum absolute atomic E-state index is 11.7. The monoisotopic (exact) mass is 245 g/mol. The Balaban J connectivity index is 2.56. The lowest BCUT2D eigenvalue weighted by molar-refractivity contribution is -0.144. The lowest BCUT2D eigenvalue weighted by Gasteiger charge is -2.27. The number of carboxylic acids is 1. The van der Waals surface area contributed by atoms with Crippen molar-refractivity contribution >= 4 is 12.1 Å². The van der Waals surface area contributed by atoms with E-state index in [4.69, 9.17) is 14.6 Å². The Bertz CT molecular complexity index is 286. The predicted octanol–water partition coefficient (Wildman–Crippen LogP) is 0.953. The second kappa shape index (κ2) is 5.86. The standard InChI is InChI=1S/C11H19NO5/c1-7(2)9(10(13)14)12(3)11(15)17-8-4-5-16-6-8/h7-9H,4-6H2,1-3H3,(H,13,14). The zero-order valence-corrected chi connectivity index (χ0v) is 10.4. The van der Waals surface area contributed by atoms with Gasteiger partial charge in [0.2, 0.25) is 0 Å². The molecule has 17 heavy (non-hydrogen) atoms. The van der Waals surface area contributed by atoms with Crippen molar-refractivity contribution in [1.29, 1.82) is 0 Å². The molecule has 2 unspecified atom stereocenters. The van der Waals surface area contributed by atoms with Crippen LogP contribution in [0.3, 0.4) is 0 Å². The van der Waals surface area contributed by atoms with E-state index in [1.807, 2.05) is 0 Å². The zero-order chi connectivity index (χ0) is 13.0. The minimum Gasteiger partial charge on any atom is -0.480 e. The van der Waals surface area contributed by atoms with Gasteiger partial charge in [-0.25, -0.2) is 9.59 Å². The largest absolute Gasteiger partial charge is 0.480 e. The van der Waals surface area contributed by atoms with E-state index in [0.29, 0.717) is 19.6 Å². The average molecular weight is 245 g/mol. The van der Waals surface area contributed by atoms with Crippen molar-refractivity contribution in [3.8, 4) is 0 Å². The van der Waals surface area contributed by atoms with Gasteiger partial charge in [0.05, 0.1) is 13.2 Å². The third-order valence-electron chi connectivity index (χ3n) is 2.75. The Hall–Kier alpha value is -1.30. The maximum atomic E-state index is 11.7. The molecule has 0 spiro atoms. The summed E-state index contributed by atoms with van der Waals surface area (Å²) >= 11 is 0. The second-order valence-electron chi connectivity index (χ2n) is 4.51. The van der Waals surface area contributed by atoms with E-state index in [-0.39, 0.29) is 12.0 Å². The van der Waals surface area contributed by atoms with Gasteiger partial charge < -0.3 is 14.6 Å². The lowest BCUT2D eigenvalue weighted by atomic mass is 10.0. The first kappa shape index (κ1) is 13.8. The van der Waals surface area contributed by atoms with Gasteiger partial charge in [0, 0.05) is 13.5 Å². The van der Waals surface area contributed by atoms with Crippen LogP contribution in [0.2, 0.25) is 0 Å². The number of carbonyl (C=O) groups is 2. The number of amides is 1. The topological polar surface area (TPSA) is 76.1 Å². The molecule has 1 rings (SSSR count). The summed E-state index contributed by atoms with van der Waals surface area (Å²) in [6, 6.07) is -0.871. The third kappa shape index (κ3) is 3.59. The number of carbonyl (C=O) groups excluding carboxylic acids is 1. The van der Waals surface area contributed by atoms with E-state index in [1.165, 1.54) is 7.05 Å². The first-order valence-corrected chi connectivity index (χ1v) is 5.67. The molecule has 98 valence electrons. The highest BCUT2D eigenvalue weighted by Gasteiger charge is 2.32. The van der Waals surface area contributed by atoms with Crippen molar-refractivity contribution in [2.45, 2.75) is 32.4 Å². The summed E-state index contributed by atoms with van der Waals surface area (Å²) in [5, 5.41) is 9.05. The number of nitrogens with zero attached hydrogens (tertiary/aromatic N) is 1. The fraction of sp³-hybridized carbons (Fsp3) is 0.818. The van der Waals surface area contributed by atoms with Gasteiger partial charge >= 0.3 is 12.1 Å². The minimum absolute atomic E-state index is 0.176. The number of carboxylic acid groups (broad SMARTS) is 1. The number of ether oxygens (including phenoxy) is 2. The molecule has 0 bridgehead atoms. The second-order valence-corrected chi connectivity index (χ2v) is 4.51. The summed E-state index contributed by atoms with van der Waals surface area (Å²) in [4.78, 5) is 23.9. The minimum atomic E-state index is -1.03. The first-order valence-electron chi connectivity index (χ1n) is 5.67. The van der Waals surface area contributed by atoms with E-state index in [2.05, 4.69) is 0 Å². The van der Waals surface area contributed by atoms with Gasteiger partial charge in [-0.2, -0.15) is 0 Å². The molecule has 0 aromatic carbocycles. The van der Waals surface area contributed by atoms with Gasteiger partial charge in [0.1, 0.15) is 12.1 Å². The molecule has 0 radical (unpaired) electrons. The normalized spacial score (nSPS) is 21.3. The van der Waals surface area contributed by atoms with Crippen LogP contribution in [0.25, 0.3) is 0 Å². The van der Waals surface area contributed by atoms with Crippen molar-refractivity contribution < 1.29 is 24.2 Å². The van der Waals surface area contributed by atoms with Crippen LogP contribution < -0.4 is 0 Å². The van der Waals surface area contributed by atoms with E-state index >= 15 is 0 Å². The summed E-state index contributed by atoms with van der Waals surface area (Å²) < 4.78 is 10.2. The number of hydrogen-bond donors (Lipinski definition) is 1. The van der Waals surface area contributed by atoms with Crippen LogP contribution >= 0.6 is 0 Å². The summed E-state index contributed by atoms with van der Waals surface area (Å²) in [7, 11) is 1.44. The van der Waals surface area contributed by atoms with Crippen LogP contribution in [-0.4, -0.2) is 54.5 Å². The van der Waals surface area contributed by atoms with Crippen LogP contribution in [0.15, 0.2) is 0 Å². The maximum Gasteiger partial charge on any atom is 0.410 e. The molecule has 6 heteroatoms. The van der Waals surface area contributed by atoms with Crippen molar-refractivity contribution in [3.05, 3.63) is 0 Å². The van der Waals surface area contributed by atoms with E-state index in [0.717, 1.165) is 4.90 Å². The fourth-order valence-electron chi connectivity index (χ4n) is 1.84. The van der Waals surface area contributed by atoms with Gasteiger partial charge in [-0.1, -0.05) is 13.8 Å². The Labute approximate surface area is 100 Å². The fourth-order valence-corrected chi connectivity index (χ4v) is 1.84. The Morgan fingerprint density at radius 3 is 2.53 bits per heavy atom. The average Bonchev–Trinajstić information content (AvgIpc) is 2.68. The number of rotatable bonds is 4.